The number of nitrogens with zero attached hydrogens (tertiary/aromatic N) is 6. The molecular weight excluding hydrogens is 557 g/mol. The highest BCUT2D eigenvalue weighted by atomic mass is 32.2. The molecule has 2 aliphatic heterocycles. The average Bonchev–Trinajstić information content (AvgIpc) is 3.36. The Bertz CT molecular complexity index is 1680. The Morgan fingerprint density at radius 3 is 2.48 bits per heavy atom. The lowest BCUT2D eigenvalue weighted by Gasteiger charge is -2.38. The molecule has 3 aromatic heterocycles. The molecule has 42 heavy (non-hydrogen) atoms. The molecule has 2 aliphatic rings. The summed E-state index contributed by atoms with van der Waals surface area (Å²) < 4.78 is 41.7. The molecule has 6 rings (SSSR count). The molecule has 1 amide bonds. The van der Waals surface area contributed by atoms with E-state index >= 15 is 0 Å². The average molecular weight is 592 g/mol. The van der Waals surface area contributed by atoms with Crippen LogP contribution in [-0.2, 0) is 21.4 Å². The highest BCUT2D eigenvalue weighted by molar-refractivity contribution is 7.92. The molecule has 1 aromatic carbocycles. The van der Waals surface area contributed by atoms with Crippen LogP contribution in [0, 0.1) is 11.7 Å². The van der Waals surface area contributed by atoms with E-state index in [4.69, 9.17) is 4.98 Å². The number of piperidine rings is 2. The molecule has 5 heterocycles. The lowest BCUT2D eigenvalue weighted by Crippen LogP contribution is -2.45. The van der Waals surface area contributed by atoms with E-state index in [0.29, 0.717) is 31.0 Å². The van der Waals surface area contributed by atoms with Crippen molar-refractivity contribution in [2.24, 2.45) is 5.92 Å². The largest absolute Gasteiger partial charge is 0.342 e. The highest BCUT2D eigenvalue weighted by Crippen LogP contribution is 2.34. The fourth-order valence-corrected chi connectivity index (χ4v) is 6.63. The summed E-state index contributed by atoms with van der Waals surface area (Å²) in [5.74, 6) is 0.937. The van der Waals surface area contributed by atoms with Gasteiger partial charge in [0.15, 0.2) is 5.82 Å². The first-order valence-corrected chi connectivity index (χ1v) is 16.2. The maximum Gasteiger partial charge on any atom is 0.230 e. The minimum atomic E-state index is -3.39. The molecule has 0 spiro atoms. The van der Waals surface area contributed by atoms with Crippen molar-refractivity contribution in [1.29, 1.82) is 0 Å². The zero-order chi connectivity index (χ0) is 29.3. The minimum Gasteiger partial charge on any atom is -0.342 e. The van der Waals surface area contributed by atoms with Gasteiger partial charge < -0.3 is 9.47 Å². The molecule has 220 valence electrons. The maximum absolute atomic E-state index is 14.0. The summed E-state index contributed by atoms with van der Waals surface area (Å²) in [5, 5.41) is 0. The number of halogens is 1. The summed E-state index contributed by atoms with van der Waals surface area (Å²) in [7, 11) is -3.39. The number of hydrogen-bond acceptors (Lipinski definition) is 7. The number of likely N-dealkylation sites (tertiary alicyclic amines) is 2. The second-order valence-corrected chi connectivity index (χ2v) is 12.9. The summed E-state index contributed by atoms with van der Waals surface area (Å²) in [6, 6.07) is 14.2. The smallest absolute Gasteiger partial charge is 0.230 e. The van der Waals surface area contributed by atoms with Crippen molar-refractivity contribution in [1.82, 2.24) is 29.3 Å². The Kier molecular flexibility index (Phi) is 7.91. The number of pyridine rings is 2. The van der Waals surface area contributed by atoms with E-state index in [2.05, 4.69) is 24.2 Å². The number of carbonyl (C=O) groups is 1. The third-order valence-corrected chi connectivity index (χ3v) is 8.72. The molecule has 0 atom stereocenters. The summed E-state index contributed by atoms with van der Waals surface area (Å²) in [5.41, 5.74) is 3.20. The molecule has 2 saturated heterocycles. The lowest BCUT2D eigenvalue weighted by atomic mass is 9.93. The molecule has 0 unspecified atom stereocenters. The number of rotatable bonds is 7. The SMILES string of the molecule is CS(=O)(=O)Nc1cc(CN2CCC(C(=O)N3CCC(n4c(-c5ccccn5)nc5cc(F)ccc54)CC3)CC2)ccn1. The van der Waals surface area contributed by atoms with Crippen molar-refractivity contribution in [3.8, 4) is 11.5 Å². The van der Waals surface area contributed by atoms with Gasteiger partial charge in [0, 0.05) is 50.1 Å². The second-order valence-electron chi connectivity index (χ2n) is 11.2. The van der Waals surface area contributed by atoms with Crippen molar-refractivity contribution in [2.75, 3.05) is 37.2 Å². The standard InChI is InChI=1S/C30H34FN7O3S/c1-42(40,41)35-28-18-21(7-13-33-28)20-36-14-8-22(9-15-36)30(39)37-16-10-24(11-17-37)38-27-6-5-23(31)19-26(27)34-29(38)25-4-2-3-12-32-25/h2-7,12-13,18-19,22,24H,8-11,14-17,20H2,1H3,(H,33,35). The topological polar surface area (TPSA) is 113 Å². The van der Waals surface area contributed by atoms with Crippen LogP contribution in [-0.4, -0.2) is 76.1 Å². The molecular formula is C30H34FN7O3S. The fraction of sp³-hybridized carbons (Fsp3) is 0.400. The van der Waals surface area contributed by atoms with Gasteiger partial charge in [-0.05, 0) is 80.7 Å². The van der Waals surface area contributed by atoms with Crippen LogP contribution >= 0.6 is 0 Å². The van der Waals surface area contributed by atoms with E-state index in [1.54, 1.807) is 24.5 Å². The zero-order valence-electron chi connectivity index (χ0n) is 23.5. The number of amides is 1. The molecule has 2 fully saturated rings. The van der Waals surface area contributed by atoms with Crippen LogP contribution < -0.4 is 4.72 Å². The number of sulfonamides is 1. The lowest BCUT2D eigenvalue weighted by molar-refractivity contribution is -0.138. The summed E-state index contributed by atoms with van der Waals surface area (Å²) in [6.45, 7) is 3.61. The molecule has 12 heteroatoms. The van der Waals surface area contributed by atoms with Crippen LogP contribution in [0.2, 0.25) is 0 Å². The predicted octanol–water partition coefficient (Wildman–Crippen LogP) is 4.08. The zero-order valence-corrected chi connectivity index (χ0v) is 24.3. The Hall–Kier alpha value is -3.90. The van der Waals surface area contributed by atoms with Gasteiger partial charge in [-0.2, -0.15) is 0 Å². The number of carbonyl (C=O) groups excluding carboxylic acids is 1. The number of hydrogen-bond donors (Lipinski definition) is 1. The molecule has 1 N–H and O–H groups in total. The van der Waals surface area contributed by atoms with Gasteiger partial charge in [0.25, 0.3) is 0 Å². The number of imidazole rings is 1. The predicted molar refractivity (Wildman–Crippen MR) is 158 cm³/mol. The number of anilines is 1. The van der Waals surface area contributed by atoms with Gasteiger partial charge in [0.05, 0.1) is 17.3 Å². The van der Waals surface area contributed by atoms with Crippen LogP contribution in [0.25, 0.3) is 22.6 Å². The second kappa shape index (κ2) is 11.8. The third-order valence-electron chi connectivity index (χ3n) is 8.14. The first-order chi connectivity index (χ1) is 20.2. The number of benzene rings is 1. The molecule has 0 radical (unpaired) electrons. The van der Waals surface area contributed by atoms with E-state index < -0.39 is 10.0 Å². The van der Waals surface area contributed by atoms with Crippen molar-refractivity contribution >= 4 is 32.8 Å². The van der Waals surface area contributed by atoms with E-state index in [0.717, 1.165) is 67.6 Å². The molecule has 0 bridgehead atoms. The Morgan fingerprint density at radius 1 is 0.976 bits per heavy atom. The summed E-state index contributed by atoms with van der Waals surface area (Å²) in [4.78, 5) is 31.1. The van der Waals surface area contributed by atoms with E-state index in [-0.39, 0.29) is 23.7 Å². The van der Waals surface area contributed by atoms with Gasteiger partial charge in [-0.1, -0.05) is 6.07 Å². The molecule has 4 aromatic rings. The van der Waals surface area contributed by atoms with Gasteiger partial charge in [-0.15, -0.1) is 0 Å². The normalized spacial score (nSPS) is 17.5. The van der Waals surface area contributed by atoms with Gasteiger partial charge in [-0.3, -0.25) is 19.4 Å². The Balaban J connectivity index is 1.07. The van der Waals surface area contributed by atoms with Crippen LogP contribution in [0.15, 0.2) is 60.9 Å². The van der Waals surface area contributed by atoms with Crippen molar-refractivity contribution in [2.45, 2.75) is 38.3 Å². The fourth-order valence-electron chi connectivity index (χ4n) is 6.13. The Morgan fingerprint density at radius 2 is 1.76 bits per heavy atom. The molecule has 10 nitrogen and oxygen atoms in total. The third kappa shape index (κ3) is 6.29. The van der Waals surface area contributed by atoms with E-state index in [9.17, 15) is 17.6 Å². The first kappa shape index (κ1) is 28.2. The van der Waals surface area contributed by atoms with Crippen molar-refractivity contribution < 1.29 is 17.6 Å². The molecule has 0 saturated carbocycles. The highest BCUT2D eigenvalue weighted by Gasteiger charge is 2.32. The van der Waals surface area contributed by atoms with Crippen LogP contribution in [0.4, 0.5) is 10.2 Å². The van der Waals surface area contributed by atoms with Gasteiger partial charge in [-0.25, -0.2) is 22.8 Å². The first-order valence-electron chi connectivity index (χ1n) is 14.3. The van der Waals surface area contributed by atoms with Crippen molar-refractivity contribution in [3.63, 3.8) is 0 Å². The molecule has 0 aliphatic carbocycles. The van der Waals surface area contributed by atoms with Gasteiger partial charge in [0.2, 0.25) is 15.9 Å². The monoisotopic (exact) mass is 591 g/mol. The Labute approximate surface area is 244 Å². The number of nitrogens with one attached hydrogen (secondary N) is 1. The van der Waals surface area contributed by atoms with Gasteiger partial charge in [0.1, 0.15) is 17.3 Å². The van der Waals surface area contributed by atoms with Crippen molar-refractivity contribution in [3.05, 3.63) is 72.3 Å². The number of fused-ring (bicyclic) bond motifs is 1. The van der Waals surface area contributed by atoms with E-state index in [1.165, 1.54) is 12.1 Å². The van der Waals surface area contributed by atoms with Crippen LogP contribution in [0.5, 0.6) is 0 Å². The van der Waals surface area contributed by atoms with E-state index in [1.807, 2.05) is 29.2 Å². The number of aromatic nitrogens is 4. The van der Waals surface area contributed by atoms with Gasteiger partial charge >= 0.3 is 0 Å². The quantitative estimate of drug-likeness (QED) is 0.345. The van der Waals surface area contributed by atoms with Crippen LogP contribution in [0.1, 0.15) is 37.3 Å². The summed E-state index contributed by atoms with van der Waals surface area (Å²) >= 11 is 0. The maximum atomic E-state index is 14.0. The van der Waals surface area contributed by atoms with Crippen LogP contribution in [0.3, 0.4) is 0 Å². The minimum absolute atomic E-state index is 0.00108. The summed E-state index contributed by atoms with van der Waals surface area (Å²) in [6.07, 6.45) is 7.61.